The first-order valence-electron chi connectivity index (χ1n) is 9.74. The summed E-state index contributed by atoms with van der Waals surface area (Å²) >= 11 is 14.1. The number of pyridine rings is 1. The largest absolute Gasteiger partial charge is 0.481 e. The molecule has 0 aliphatic heterocycles. The predicted molar refractivity (Wildman–Crippen MR) is 124 cm³/mol. The van der Waals surface area contributed by atoms with Gasteiger partial charge in [-0.05, 0) is 45.0 Å². The summed E-state index contributed by atoms with van der Waals surface area (Å²) in [4.78, 5) is 17.4. The highest BCUT2D eigenvalue weighted by Crippen LogP contribution is 2.46. The van der Waals surface area contributed by atoms with Crippen LogP contribution in [0.5, 0.6) is 0 Å². The van der Waals surface area contributed by atoms with Gasteiger partial charge in [0.2, 0.25) is 0 Å². The third-order valence-electron chi connectivity index (χ3n) is 5.23. The van der Waals surface area contributed by atoms with E-state index in [-0.39, 0.29) is 15.7 Å². The third kappa shape index (κ3) is 3.66. The Kier molecular flexibility index (Phi) is 5.96. The van der Waals surface area contributed by atoms with E-state index in [0.29, 0.717) is 33.1 Å². The van der Waals surface area contributed by atoms with Crippen LogP contribution in [0.2, 0.25) is 10.2 Å². The molecule has 4 rings (SSSR count). The lowest BCUT2D eigenvalue weighted by molar-refractivity contribution is -0.142. The fraction of sp³-hybridized carbons (Fsp3) is 0.227. The smallest absolute Gasteiger partial charge is 0.315 e. The van der Waals surface area contributed by atoms with Gasteiger partial charge in [-0.2, -0.15) is 5.10 Å². The molecule has 0 spiro atoms. The van der Waals surface area contributed by atoms with Crippen molar-refractivity contribution in [2.24, 2.45) is 0 Å². The molecule has 10 heteroatoms. The molecule has 3 aromatic heterocycles. The zero-order valence-electron chi connectivity index (χ0n) is 17.4. The van der Waals surface area contributed by atoms with E-state index in [0.717, 1.165) is 0 Å². The lowest BCUT2D eigenvalue weighted by Crippen LogP contribution is -2.30. The van der Waals surface area contributed by atoms with Crippen molar-refractivity contribution in [2.45, 2.75) is 42.5 Å². The van der Waals surface area contributed by atoms with E-state index < -0.39 is 17.2 Å². The highest BCUT2D eigenvalue weighted by molar-refractivity contribution is 7.99. The lowest BCUT2D eigenvalue weighted by atomic mass is 9.89. The molecule has 1 N–H and O–H groups in total. The number of hydrogen-bond acceptors (Lipinski definition) is 4. The summed E-state index contributed by atoms with van der Waals surface area (Å²) in [5.41, 5.74) is -0.0240. The second-order valence-electron chi connectivity index (χ2n) is 7.65. The summed E-state index contributed by atoms with van der Waals surface area (Å²) in [6.07, 6.45) is 4.92. The van der Waals surface area contributed by atoms with Gasteiger partial charge in [0.15, 0.2) is 5.82 Å². The SMILES string of the molecule is CCn1cc(-n2c(Cl)c(Sc3cccnc3C(C)(C)C(=O)O)c3ccc(Cl)c(F)c32)cn1. The number of benzene rings is 1. The van der Waals surface area contributed by atoms with Crippen molar-refractivity contribution in [1.82, 2.24) is 19.3 Å². The standard InChI is InChI=1S/C22H19Cl2FN4O2S/c1-4-28-11-12(10-27-28)29-17-13(7-8-14(23)16(17)25)18(20(29)24)32-15-6-5-9-26-19(15)22(2,3)21(30)31/h5-11H,4H2,1-3H3,(H,30,31). The monoisotopic (exact) mass is 492 g/mol. The zero-order chi connectivity index (χ0) is 23.2. The minimum Gasteiger partial charge on any atom is -0.481 e. The Morgan fingerprint density at radius 3 is 2.69 bits per heavy atom. The van der Waals surface area contributed by atoms with Crippen LogP contribution in [0.3, 0.4) is 0 Å². The molecule has 0 aliphatic rings. The number of fused-ring (bicyclic) bond motifs is 1. The minimum absolute atomic E-state index is 0.0265. The van der Waals surface area contributed by atoms with E-state index in [1.165, 1.54) is 17.8 Å². The van der Waals surface area contributed by atoms with Gasteiger partial charge in [-0.3, -0.25) is 19.0 Å². The van der Waals surface area contributed by atoms with Crippen LogP contribution < -0.4 is 0 Å². The average molecular weight is 493 g/mol. The average Bonchev–Trinajstić information content (AvgIpc) is 3.34. The highest BCUT2D eigenvalue weighted by atomic mass is 35.5. The van der Waals surface area contributed by atoms with Gasteiger partial charge < -0.3 is 5.11 Å². The number of aliphatic carboxylic acids is 1. The number of halogens is 3. The predicted octanol–water partition coefficient (Wildman–Crippen LogP) is 6.20. The first-order valence-corrected chi connectivity index (χ1v) is 11.3. The summed E-state index contributed by atoms with van der Waals surface area (Å²) < 4.78 is 18.5. The number of nitrogens with zero attached hydrogens (tertiary/aromatic N) is 4. The topological polar surface area (TPSA) is 72.9 Å². The molecule has 0 atom stereocenters. The molecule has 0 bridgehead atoms. The summed E-state index contributed by atoms with van der Waals surface area (Å²) in [7, 11) is 0. The molecular formula is C22H19Cl2FN4O2S. The van der Waals surface area contributed by atoms with Gasteiger partial charge in [0.1, 0.15) is 10.6 Å². The molecule has 0 fully saturated rings. The van der Waals surface area contributed by atoms with Crippen molar-refractivity contribution in [3.63, 3.8) is 0 Å². The van der Waals surface area contributed by atoms with E-state index in [2.05, 4.69) is 10.1 Å². The van der Waals surface area contributed by atoms with Crippen LogP contribution in [0.15, 0.2) is 52.6 Å². The van der Waals surface area contributed by atoms with Crippen molar-refractivity contribution in [1.29, 1.82) is 0 Å². The van der Waals surface area contributed by atoms with Gasteiger partial charge in [0, 0.05) is 29.2 Å². The maximum absolute atomic E-state index is 15.2. The van der Waals surface area contributed by atoms with Gasteiger partial charge in [0.25, 0.3) is 0 Å². The first kappa shape index (κ1) is 22.6. The number of aromatic nitrogens is 4. The van der Waals surface area contributed by atoms with Crippen molar-refractivity contribution in [2.75, 3.05) is 0 Å². The number of carbonyl (C=O) groups is 1. The van der Waals surface area contributed by atoms with E-state index in [1.807, 2.05) is 6.92 Å². The van der Waals surface area contributed by atoms with Crippen molar-refractivity contribution < 1.29 is 14.3 Å². The molecule has 3 heterocycles. The number of aryl methyl sites for hydroxylation is 1. The minimum atomic E-state index is -1.23. The fourth-order valence-corrected chi connectivity index (χ4v) is 5.16. The molecule has 6 nitrogen and oxygen atoms in total. The van der Waals surface area contributed by atoms with Crippen LogP contribution in [0.1, 0.15) is 26.5 Å². The number of carboxylic acids is 1. The van der Waals surface area contributed by atoms with Gasteiger partial charge in [-0.25, -0.2) is 4.39 Å². The molecular weight excluding hydrogens is 474 g/mol. The Bertz CT molecular complexity index is 1350. The van der Waals surface area contributed by atoms with Crippen molar-refractivity contribution in [3.8, 4) is 5.69 Å². The van der Waals surface area contributed by atoms with Gasteiger partial charge in [0.05, 0.1) is 33.0 Å². The molecule has 1 aromatic carbocycles. The third-order valence-corrected chi connectivity index (χ3v) is 7.16. The number of rotatable bonds is 6. The summed E-state index contributed by atoms with van der Waals surface area (Å²) in [6.45, 7) is 5.76. The quantitative estimate of drug-likeness (QED) is 0.346. The molecule has 0 aliphatic carbocycles. The molecule has 4 aromatic rings. The van der Waals surface area contributed by atoms with E-state index >= 15 is 4.39 Å². The van der Waals surface area contributed by atoms with E-state index in [9.17, 15) is 9.90 Å². The molecule has 0 unspecified atom stereocenters. The lowest BCUT2D eigenvalue weighted by Gasteiger charge is -2.21. The second kappa shape index (κ2) is 8.42. The summed E-state index contributed by atoms with van der Waals surface area (Å²) in [6, 6.07) is 6.68. The molecule has 32 heavy (non-hydrogen) atoms. The summed E-state index contributed by atoms with van der Waals surface area (Å²) in [5.74, 6) is -1.60. The van der Waals surface area contributed by atoms with Crippen LogP contribution in [-0.4, -0.2) is 30.4 Å². The van der Waals surface area contributed by atoms with Crippen molar-refractivity contribution >= 4 is 51.8 Å². The van der Waals surface area contributed by atoms with Crippen LogP contribution in [0.4, 0.5) is 4.39 Å². The normalized spacial score (nSPS) is 11.9. The van der Waals surface area contributed by atoms with E-state index in [4.69, 9.17) is 23.2 Å². The fourth-order valence-electron chi connectivity index (χ4n) is 3.39. The second-order valence-corrected chi connectivity index (χ2v) is 9.47. The Morgan fingerprint density at radius 2 is 2.03 bits per heavy atom. The number of hydrogen-bond donors (Lipinski definition) is 1. The highest BCUT2D eigenvalue weighted by Gasteiger charge is 2.34. The molecule has 0 amide bonds. The van der Waals surface area contributed by atoms with Crippen molar-refractivity contribution in [3.05, 3.63) is 64.5 Å². The molecule has 0 saturated heterocycles. The summed E-state index contributed by atoms with van der Waals surface area (Å²) in [5, 5.41) is 14.8. The Hall–Kier alpha value is -2.55. The van der Waals surface area contributed by atoms with Gasteiger partial charge in [-0.15, -0.1) is 0 Å². The van der Waals surface area contributed by atoms with Crippen LogP contribution in [-0.2, 0) is 16.8 Å². The van der Waals surface area contributed by atoms with Gasteiger partial charge >= 0.3 is 5.97 Å². The number of carboxylic acid groups (broad SMARTS) is 1. The van der Waals surface area contributed by atoms with E-state index in [1.54, 1.807) is 59.9 Å². The maximum atomic E-state index is 15.2. The molecule has 166 valence electrons. The Labute approximate surface area is 198 Å². The van der Waals surface area contributed by atoms with Gasteiger partial charge in [-0.1, -0.05) is 35.0 Å². The maximum Gasteiger partial charge on any atom is 0.315 e. The Morgan fingerprint density at radius 1 is 1.28 bits per heavy atom. The van der Waals surface area contributed by atoms with Crippen LogP contribution in [0.25, 0.3) is 16.6 Å². The van der Waals surface area contributed by atoms with Crippen LogP contribution >= 0.6 is 35.0 Å². The van der Waals surface area contributed by atoms with Crippen LogP contribution in [0, 0.1) is 5.82 Å². The molecule has 0 radical (unpaired) electrons. The molecule has 0 saturated carbocycles. The first-order chi connectivity index (χ1) is 15.2. The Balaban J connectivity index is 1.96. The zero-order valence-corrected chi connectivity index (χ0v) is 19.8.